The predicted octanol–water partition coefficient (Wildman–Crippen LogP) is 4.58. The Bertz CT molecular complexity index is 801. The van der Waals surface area contributed by atoms with Crippen molar-refractivity contribution in [3.05, 3.63) is 34.2 Å². The van der Waals surface area contributed by atoms with E-state index in [4.69, 9.17) is 0 Å². The Morgan fingerprint density at radius 2 is 2.04 bits per heavy atom. The first-order valence-electron chi connectivity index (χ1n) is 8.60. The van der Waals surface area contributed by atoms with Crippen molar-refractivity contribution in [2.45, 2.75) is 51.8 Å². The number of alkyl halides is 3. The zero-order chi connectivity index (χ0) is 18.0. The van der Waals surface area contributed by atoms with E-state index in [0.29, 0.717) is 17.6 Å². The minimum absolute atomic E-state index is 0.234. The number of H-pyrrole nitrogens is 1. The van der Waals surface area contributed by atoms with Crippen LogP contribution in [0, 0.1) is 11.8 Å². The van der Waals surface area contributed by atoms with Crippen LogP contribution in [0.5, 0.6) is 5.75 Å². The number of benzene rings is 1. The number of fused-ring (bicyclic) bond motifs is 1. The van der Waals surface area contributed by atoms with Crippen molar-refractivity contribution in [2.75, 3.05) is 0 Å². The SMILES string of the molecule is CC1C[C@H]1CCCCCc1nc2ccc(OC(F)(F)F)cc2[nH]c1=O. The van der Waals surface area contributed by atoms with E-state index in [1.54, 1.807) is 0 Å². The highest BCUT2D eigenvalue weighted by atomic mass is 19.4. The molecule has 1 aliphatic carbocycles. The van der Waals surface area contributed by atoms with Crippen LogP contribution in [-0.4, -0.2) is 16.3 Å². The van der Waals surface area contributed by atoms with E-state index in [0.717, 1.165) is 30.7 Å². The smallest absolute Gasteiger partial charge is 0.406 e. The summed E-state index contributed by atoms with van der Waals surface area (Å²) in [4.78, 5) is 19.0. The quantitative estimate of drug-likeness (QED) is 0.741. The molecule has 1 aliphatic rings. The molecule has 1 heterocycles. The summed E-state index contributed by atoms with van der Waals surface area (Å²) in [6.45, 7) is 2.27. The van der Waals surface area contributed by atoms with E-state index in [-0.39, 0.29) is 16.8 Å². The molecule has 1 aromatic heterocycles. The summed E-state index contributed by atoms with van der Waals surface area (Å²) in [7, 11) is 0. The molecule has 0 radical (unpaired) electrons. The van der Waals surface area contributed by atoms with Gasteiger partial charge in [-0.2, -0.15) is 0 Å². The third-order valence-electron chi connectivity index (χ3n) is 4.73. The van der Waals surface area contributed by atoms with Gasteiger partial charge in [-0.1, -0.05) is 26.2 Å². The lowest BCUT2D eigenvalue weighted by atomic mass is 10.1. The Balaban J connectivity index is 1.60. The van der Waals surface area contributed by atoms with Crippen molar-refractivity contribution in [3.8, 4) is 5.75 Å². The topological polar surface area (TPSA) is 55.0 Å². The highest BCUT2D eigenvalue weighted by Gasteiger charge is 2.31. The predicted molar refractivity (Wildman–Crippen MR) is 88.5 cm³/mol. The average molecular weight is 354 g/mol. The maximum absolute atomic E-state index is 12.3. The normalized spacial score (nSPS) is 20.0. The molecule has 1 N–H and O–H groups in total. The van der Waals surface area contributed by atoms with Crippen LogP contribution in [0.1, 0.15) is 44.7 Å². The van der Waals surface area contributed by atoms with E-state index < -0.39 is 6.36 Å². The summed E-state index contributed by atoms with van der Waals surface area (Å²) in [5.74, 6) is 1.38. The number of nitrogens with zero attached hydrogens (tertiary/aromatic N) is 1. The van der Waals surface area contributed by atoms with Gasteiger partial charge in [0, 0.05) is 6.07 Å². The van der Waals surface area contributed by atoms with Crippen molar-refractivity contribution in [1.82, 2.24) is 9.97 Å². The largest absolute Gasteiger partial charge is 0.573 e. The number of unbranched alkanes of at least 4 members (excludes halogenated alkanes) is 2. The average Bonchev–Trinajstić information content (AvgIpc) is 3.21. The molecule has 0 aliphatic heterocycles. The van der Waals surface area contributed by atoms with Gasteiger partial charge in [0.15, 0.2) is 0 Å². The monoisotopic (exact) mass is 354 g/mol. The van der Waals surface area contributed by atoms with Gasteiger partial charge in [0.05, 0.1) is 11.0 Å². The van der Waals surface area contributed by atoms with Crippen LogP contribution in [-0.2, 0) is 6.42 Å². The van der Waals surface area contributed by atoms with Crippen molar-refractivity contribution >= 4 is 11.0 Å². The van der Waals surface area contributed by atoms with Gasteiger partial charge in [-0.25, -0.2) is 4.98 Å². The first-order chi connectivity index (χ1) is 11.8. The number of aromatic amines is 1. The van der Waals surface area contributed by atoms with Crippen LogP contribution in [0.4, 0.5) is 13.2 Å². The maximum Gasteiger partial charge on any atom is 0.573 e. The second kappa shape index (κ2) is 7.06. The Kier molecular flexibility index (Phi) is 5.01. The maximum atomic E-state index is 12.3. The molecule has 3 rings (SSSR count). The summed E-state index contributed by atoms with van der Waals surface area (Å²) in [6, 6.07) is 3.75. The standard InChI is InChI=1S/C18H21F3N2O2/c1-11-9-12(11)5-3-2-4-6-15-17(24)23-16-10-13(25-18(19,20)21)7-8-14(16)22-15/h7-8,10-12H,2-6,9H2,1H3,(H,23,24)/t11?,12-/m1/s1. The lowest BCUT2D eigenvalue weighted by Crippen LogP contribution is -2.18. The van der Waals surface area contributed by atoms with Crippen LogP contribution in [0.3, 0.4) is 0 Å². The minimum Gasteiger partial charge on any atom is -0.406 e. The second-order valence-corrected chi connectivity index (χ2v) is 6.81. The number of halogens is 3. The molecular formula is C18H21F3N2O2. The second-order valence-electron chi connectivity index (χ2n) is 6.81. The van der Waals surface area contributed by atoms with Crippen molar-refractivity contribution in [3.63, 3.8) is 0 Å². The number of hydrogen-bond acceptors (Lipinski definition) is 3. The van der Waals surface area contributed by atoms with Crippen molar-refractivity contribution in [1.29, 1.82) is 0 Å². The Labute approximate surface area is 143 Å². The van der Waals surface area contributed by atoms with Gasteiger partial charge in [0.25, 0.3) is 5.56 Å². The van der Waals surface area contributed by atoms with Crippen LogP contribution < -0.4 is 10.3 Å². The molecule has 0 amide bonds. The van der Waals surface area contributed by atoms with Gasteiger partial charge < -0.3 is 9.72 Å². The number of aryl methyl sites for hydroxylation is 1. The summed E-state index contributed by atoms with van der Waals surface area (Å²) >= 11 is 0. The Morgan fingerprint density at radius 3 is 2.72 bits per heavy atom. The highest BCUT2D eigenvalue weighted by Crippen LogP contribution is 2.41. The molecule has 0 spiro atoms. The molecule has 7 heteroatoms. The van der Waals surface area contributed by atoms with Crippen LogP contribution in [0.25, 0.3) is 11.0 Å². The molecule has 1 aromatic carbocycles. The van der Waals surface area contributed by atoms with Gasteiger partial charge in [-0.05, 0) is 43.2 Å². The van der Waals surface area contributed by atoms with Gasteiger partial charge >= 0.3 is 6.36 Å². The lowest BCUT2D eigenvalue weighted by Gasteiger charge is -2.09. The minimum atomic E-state index is -4.76. The molecule has 25 heavy (non-hydrogen) atoms. The molecule has 0 saturated heterocycles. The summed E-state index contributed by atoms with van der Waals surface area (Å²) < 4.78 is 40.6. The molecule has 0 bridgehead atoms. The fraction of sp³-hybridized carbons (Fsp3) is 0.556. The Hall–Kier alpha value is -2.05. The van der Waals surface area contributed by atoms with Crippen LogP contribution in [0.2, 0.25) is 0 Å². The number of nitrogens with one attached hydrogen (secondary N) is 1. The molecular weight excluding hydrogens is 333 g/mol. The first kappa shape index (κ1) is 17.8. The summed E-state index contributed by atoms with van der Waals surface area (Å²) in [5.41, 5.74) is 0.762. The fourth-order valence-electron chi connectivity index (χ4n) is 3.15. The van der Waals surface area contributed by atoms with E-state index in [9.17, 15) is 18.0 Å². The zero-order valence-corrected chi connectivity index (χ0v) is 14.0. The van der Waals surface area contributed by atoms with E-state index in [1.165, 1.54) is 31.4 Å². The van der Waals surface area contributed by atoms with E-state index in [2.05, 4.69) is 21.6 Å². The Morgan fingerprint density at radius 1 is 1.28 bits per heavy atom. The van der Waals surface area contributed by atoms with Crippen LogP contribution in [0.15, 0.2) is 23.0 Å². The number of hydrogen-bond donors (Lipinski definition) is 1. The summed E-state index contributed by atoms with van der Waals surface area (Å²) in [6.07, 6.45) is 1.51. The number of aromatic nitrogens is 2. The fourth-order valence-corrected chi connectivity index (χ4v) is 3.15. The zero-order valence-electron chi connectivity index (χ0n) is 14.0. The number of rotatable bonds is 7. The highest BCUT2D eigenvalue weighted by molar-refractivity contribution is 5.75. The van der Waals surface area contributed by atoms with Gasteiger partial charge in [-0.15, -0.1) is 13.2 Å². The third-order valence-corrected chi connectivity index (χ3v) is 4.73. The molecule has 1 saturated carbocycles. The first-order valence-corrected chi connectivity index (χ1v) is 8.60. The van der Waals surface area contributed by atoms with Gasteiger partial charge in [0.1, 0.15) is 11.4 Å². The molecule has 2 aromatic rings. The third kappa shape index (κ3) is 4.96. The molecule has 136 valence electrons. The number of ether oxygens (including phenoxy) is 1. The molecule has 2 atom stereocenters. The van der Waals surface area contributed by atoms with Crippen LogP contribution >= 0.6 is 0 Å². The van der Waals surface area contributed by atoms with E-state index in [1.807, 2.05) is 0 Å². The molecule has 1 fully saturated rings. The lowest BCUT2D eigenvalue weighted by molar-refractivity contribution is -0.274. The van der Waals surface area contributed by atoms with Gasteiger partial charge in [-0.3, -0.25) is 4.79 Å². The molecule has 1 unspecified atom stereocenters. The molecule has 4 nitrogen and oxygen atoms in total. The van der Waals surface area contributed by atoms with E-state index >= 15 is 0 Å². The van der Waals surface area contributed by atoms with Crippen molar-refractivity contribution < 1.29 is 17.9 Å². The van der Waals surface area contributed by atoms with Crippen molar-refractivity contribution in [2.24, 2.45) is 11.8 Å². The van der Waals surface area contributed by atoms with Gasteiger partial charge in [0.2, 0.25) is 0 Å². The summed E-state index contributed by atoms with van der Waals surface area (Å²) in [5, 5.41) is 0.